The van der Waals surface area contributed by atoms with E-state index in [1.807, 2.05) is 0 Å². The summed E-state index contributed by atoms with van der Waals surface area (Å²) in [7, 11) is 0. The van der Waals surface area contributed by atoms with E-state index in [1.165, 1.54) is 6.33 Å². The summed E-state index contributed by atoms with van der Waals surface area (Å²) in [5, 5.41) is 3.93. The lowest BCUT2D eigenvalue weighted by Crippen LogP contribution is -2.42. The number of aryl methyl sites for hydroxylation is 1. The lowest BCUT2D eigenvalue weighted by atomic mass is 10.1. The Balaban J connectivity index is 1.72. The summed E-state index contributed by atoms with van der Waals surface area (Å²) in [6, 6.07) is 2.38. The third kappa shape index (κ3) is 2.43. The molecule has 4 rings (SSSR count). The molecule has 124 valence electrons. The number of fused-ring (bicyclic) bond motifs is 3. The van der Waals surface area contributed by atoms with Crippen LogP contribution in [0, 0.1) is 6.92 Å². The number of nitrogens with two attached hydrogens (primary N) is 1. The Kier molecular flexibility index (Phi) is 3.68. The van der Waals surface area contributed by atoms with E-state index < -0.39 is 0 Å². The average Bonchev–Trinajstić information content (AvgIpc) is 2.96. The molecule has 3 aromatic rings. The number of nitrogens with zero attached hydrogens (tertiary/aromatic N) is 4. The van der Waals surface area contributed by atoms with Gasteiger partial charge < -0.3 is 16.0 Å². The van der Waals surface area contributed by atoms with E-state index in [-0.39, 0.29) is 6.04 Å². The molecule has 8 heteroatoms. The van der Waals surface area contributed by atoms with Crippen LogP contribution < -0.4 is 16.0 Å². The molecule has 0 aliphatic carbocycles. The molecule has 0 atom stereocenters. The number of pyridine rings is 1. The number of carbonyl (C=O) groups is 1. The molecule has 0 spiro atoms. The smallest absolute Gasteiger partial charge is 0.207 e. The SMILES string of the molecule is Cc1cc(N2CCC(NC=O)CC2)nc2sc3c(N)ncnc3c12. The van der Waals surface area contributed by atoms with Gasteiger partial charge in [0.05, 0.1) is 10.2 Å². The van der Waals surface area contributed by atoms with E-state index in [9.17, 15) is 4.79 Å². The Hall–Kier alpha value is -2.48. The van der Waals surface area contributed by atoms with Gasteiger partial charge in [0.15, 0.2) is 0 Å². The normalized spacial score (nSPS) is 16.0. The van der Waals surface area contributed by atoms with Crippen molar-refractivity contribution in [2.45, 2.75) is 25.8 Å². The van der Waals surface area contributed by atoms with Crippen LogP contribution in [0.3, 0.4) is 0 Å². The summed E-state index contributed by atoms with van der Waals surface area (Å²) in [6.45, 7) is 3.85. The number of anilines is 2. The third-order valence-electron chi connectivity index (χ3n) is 4.56. The lowest BCUT2D eigenvalue weighted by Gasteiger charge is -2.32. The van der Waals surface area contributed by atoms with Crippen LogP contribution in [0.25, 0.3) is 20.4 Å². The van der Waals surface area contributed by atoms with Gasteiger partial charge in [-0.3, -0.25) is 4.79 Å². The van der Waals surface area contributed by atoms with Gasteiger partial charge in [-0.25, -0.2) is 15.0 Å². The first-order valence-electron chi connectivity index (χ1n) is 7.92. The van der Waals surface area contributed by atoms with Gasteiger partial charge in [0, 0.05) is 24.5 Å². The molecular weight excluding hydrogens is 324 g/mol. The summed E-state index contributed by atoms with van der Waals surface area (Å²) in [5.74, 6) is 1.48. The first kappa shape index (κ1) is 15.1. The molecule has 0 aromatic carbocycles. The number of nitrogen functional groups attached to an aromatic ring is 1. The first-order chi connectivity index (χ1) is 11.7. The van der Waals surface area contributed by atoms with Crippen molar-refractivity contribution in [3.05, 3.63) is 18.0 Å². The molecule has 1 aliphatic rings. The molecule has 1 amide bonds. The summed E-state index contributed by atoms with van der Waals surface area (Å²) in [5.41, 5.74) is 8.01. The van der Waals surface area contributed by atoms with Gasteiger partial charge in [0.2, 0.25) is 6.41 Å². The van der Waals surface area contributed by atoms with E-state index in [0.717, 1.165) is 64.2 Å². The summed E-state index contributed by atoms with van der Waals surface area (Å²) >= 11 is 1.54. The number of rotatable bonds is 3. The van der Waals surface area contributed by atoms with Crippen molar-refractivity contribution in [2.24, 2.45) is 0 Å². The minimum Gasteiger partial charge on any atom is -0.382 e. The molecule has 0 bridgehead atoms. The fourth-order valence-corrected chi connectivity index (χ4v) is 4.39. The maximum absolute atomic E-state index is 10.6. The van der Waals surface area contributed by atoms with Crippen molar-refractivity contribution in [3.63, 3.8) is 0 Å². The van der Waals surface area contributed by atoms with Crippen LogP contribution in [0.2, 0.25) is 0 Å². The van der Waals surface area contributed by atoms with E-state index in [1.54, 1.807) is 11.3 Å². The Morgan fingerprint density at radius 2 is 2.17 bits per heavy atom. The highest BCUT2D eigenvalue weighted by Crippen LogP contribution is 2.37. The highest BCUT2D eigenvalue weighted by molar-refractivity contribution is 7.26. The standard InChI is InChI=1S/C16H18N6OS/c1-9-6-11(22-4-2-10(3-5-22)20-8-23)21-16-12(9)13-14(24-16)15(17)19-7-18-13/h6-8,10H,2-5H2,1H3,(H,20,23)(H2,17,18,19). The van der Waals surface area contributed by atoms with Crippen molar-refractivity contribution in [3.8, 4) is 0 Å². The number of thiophene rings is 1. The van der Waals surface area contributed by atoms with E-state index in [0.29, 0.717) is 5.82 Å². The van der Waals surface area contributed by atoms with Gasteiger partial charge >= 0.3 is 0 Å². The molecule has 24 heavy (non-hydrogen) atoms. The molecule has 3 aromatic heterocycles. The Labute approximate surface area is 142 Å². The second kappa shape index (κ2) is 5.86. The monoisotopic (exact) mass is 342 g/mol. The maximum atomic E-state index is 10.6. The van der Waals surface area contributed by atoms with Crippen LogP contribution in [0.4, 0.5) is 11.6 Å². The maximum Gasteiger partial charge on any atom is 0.207 e. The summed E-state index contributed by atoms with van der Waals surface area (Å²) in [4.78, 5) is 27.1. The van der Waals surface area contributed by atoms with Gasteiger partial charge in [-0.2, -0.15) is 0 Å². The molecule has 1 saturated heterocycles. The van der Waals surface area contributed by atoms with Crippen molar-refractivity contribution in [1.29, 1.82) is 0 Å². The number of aromatic nitrogens is 3. The van der Waals surface area contributed by atoms with Gasteiger partial charge in [-0.1, -0.05) is 0 Å². The number of amides is 1. The lowest BCUT2D eigenvalue weighted by molar-refractivity contribution is -0.110. The molecule has 1 aliphatic heterocycles. The van der Waals surface area contributed by atoms with Crippen molar-refractivity contribution in [2.75, 3.05) is 23.7 Å². The fraction of sp³-hybridized carbons (Fsp3) is 0.375. The fourth-order valence-electron chi connectivity index (χ4n) is 3.28. The Morgan fingerprint density at radius 3 is 2.92 bits per heavy atom. The number of carbonyl (C=O) groups excluding carboxylic acids is 1. The van der Waals surface area contributed by atoms with Crippen LogP contribution in [-0.2, 0) is 4.79 Å². The molecule has 1 fully saturated rings. The average molecular weight is 342 g/mol. The molecule has 0 radical (unpaired) electrons. The highest BCUT2D eigenvalue weighted by atomic mass is 32.1. The number of hydrogen-bond donors (Lipinski definition) is 2. The van der Waals surface area contributed by atoms with Gasteiger partial charge in [0.25, 0.3) is 0 Å². The van der Waals surface area contributed by atoms with Gasteiger partial charge in [0.1, 0.15) is 22.8 Å². The molecule has 7 nitrogen and oxygen atoms in total. The van der Waals surface area contributed by atoms with Crippen LogP contribution in [0.1, 0.15) is 18.4 Å². The Morgan fingerprint density at radius 1 is 1.38 bits per heavy atom. The molecule has 3 N–H and O–H groups in total. The van der Waals surface area contributed by atoms with E-state index >= 15 is 0 Å². The van der Waals surface area contributed by atoms with Crippen LogP contribution in [0.15, 0.2) is 12.4 Å². The number of piperidine rings is 1. The predicted molar refractivity (Wildman–Crippen MR) is 96.3 cm³/mol. The zero-order valence-electron chi connectivity index (χ0n) is 13.3. The molecule has 0 saturated carbocycles. The number of nitrogens with one attached hydrogen (secondary N) is 1. The zero-order chi connectivity index (χ0) is 16.7. The first-order valence-corrected chi connectivity index (χ1v) is 8.74. The number of hydrogen-bond acceptors (Lipinski definition) is 7. The summed E-state index contributed by atoms with van der Waals surface area (Å²) < 4.78 is 0.897. The molecule has 0 unspecified atom stereocenters. The van der Waals surface area contributed by atoms with Crippen molar-refractivity contribution < 1.29 is 4.79 Å². The van der Waals surface area contributed by atoms with Crippen LogP contribution in [0.5, 0.6) is 0 Å². The summed E-state index contributed by atoms with van der Waals surface area (Å²) in [6.07, 6.45) is 4.16. The second-order valence-electron chi connectivity index (χ2n) is 6.06. The van der Waals surface area contributed by atoms with E-state index in [2.05, 4.69) is 33.2 Å². The topological polar surface area (TPSA) is 97.0 Å². The van der Waals surface area contributed by atoms with Gasteiger partial charge in [-0.15, -0.1) is 11.3 Å². The van der Waals surface area contributed by atoms with Crippen LogP contribution in [-0.4, -0.2) is 40.5 Å². The quantitative estimate of drug-likeness (QED) is 0.705. The van der Waals surface area contributed by atoms with Gasteiger partial charge in [-0.05, 0) is 31.4 Å². The highest BCUT2D eigenvalue weighted by Gasteiger charge is 2.21. The van der Waals surface area contributed by atoms with Crippen LogP contribution >= 0.6 is 11.3 Å². The zero-order valence-corrected chi connectivity index (χ0v) is 14.1. The van der Waals surface area contributed by atoms with Crippen molar-refractivity contribution >= 4 is 49.8 Å². The van der Waals surface area contributed by atoms with E-state index in [4.69, 9.17) is 10.7 Å². The second-order valence-corrected chi connectivity index (χ2v) is 7.06. The van der Waals surface area contributed by atoms with Crippen molar-refractivity contribution in [1.82, 2.24) is 20.3 Å². The molecular formula is C16H18N6OS. The minimum atomic E-state index is 0.267. The third-order valence-corrected chi connectivity index (χ3v) is 5.65. The predicted octanol–water partition coefficient (Wildman–Crippen LogP) is 1.84. The Bertz CT molecular complexity index is 916. The minimum absolute atomic E-state index is 0.267. The molecule has 4 heterocycles. The largest absolute Gasteiger partial charge is 0.382 e.